The van der Waals surface area contributed by atoms with Crippen molar-refractivity contribution in [2.24, 2.45) is 10.7 Å². The number of hydrogen-bond acceptors (Lipinski definition) is 3. The molecule has 0 radical (unpaired) electrons. The fourth-order valence-electron chi connectivity index (χ4n) is 1.39. The molecule has 0 atom stereocenters. The van der Waals surface area contributed by atoms with Gasteiger partial charge < -0.3 is 15.5 Å². The van der Waals surface area contributed by atoms with Crippen LogP contribution in [0.25, 0.3) is 0 Å². The summed E-state index contributed by atoms with van der Waals surface area (Å²) < 4.78 is 5.16. The first kappa shape index (κ1) is 11.7. The Morgan fingerprint density at radius 2 is 2.35 bits per heavy atom. The SMILES string of the molecule is NC(=NCc1ccco1)NCCc1cccs1. The van der Waals surface area contributed by atoms with Crippen LogP contribution in [-0.2, 0) is 13.0 Å². The highest BCUT2D eigenvalue weighted by atomic mass is 32.1. The third kappa shape index (κ3) is 3.96. The average molecular weight is 249 g/mol. The predicted molar refractivity (Wildman–Crippen MR) is 70.1 cm³/mol. The van der Waals surface area contributed by atoms with E-state index in [1.54, 1.807) is 17.6 Å². The van der Waals surface area contributed by atoms with E-state index in [2.05, 4.69) is 21.8 Å². The van der Waals surface area contributed by atoms with Crippen molar-refractivity contribution in [3.8, 4) is 0 Å². The Labute approximate surface area is 104 Å². The molecule has 2 aromatic heterocycles. The van der Waals surface area contributed by atoms with E-state index in [0.717, 1.165) is 18.7 Å². The van der Waals surface area contributed by atoms with Crippen LogP contribution in [0, 0.1) is 0 Å². The molecule has 0 aliphatic rings. The van der Waals surface area contributed by atoms with E-state index >= 15 is 0 Å². The van der Waals surface area contributed by atoms with Crippen LogP contribution in [0.4, 0.5) is 0 Å². The molecule has 0 aliphatic heterocycles. The van der Waals surface area contributed by atoms with E-state index in [-0.39, 0.29) is 0 Å². The third-order valence-corrected chi connectivity index (χ3v) is 3.18. The Balaban J connectivity index is 1.70. The smallest absolute Gasteiger partial charge is 0.189 e. The average Bonchev–Trinajstić information content (AvgIpc) is 2.99. The summed E-state index contributed by atoms with van der Waals surface area (Å²) >= 11 is 1.75. The molecule has 4 nitrogen and oxygen atoms in total. The normalized spacial score (nSPS) is 11.6. The van der Waals surface area contributed by atoms with Crippen molar-refractivity contribution in [3.63, 3.8) is 0 Å². The van der Waals surface area contributed by atoms with Crippen molar-refractivity contribution in [3.05, 3.63) is 46.5 Å². The molecule has 5 heteroatoms. The zero-order chi connectivity index (χ0) is 11.9. The monoisotopic (exact) mass is 249 g/mol. The molecular weight excluding hydrogens is 234 g/mol. The minimum atomic E-state index is 0.456. The summed E-state index contributed by atoms with van der Waals surface area (Å²) in [7, 11) is 0. The summed E-state index contributed by atoms with van der Waals surface area (Å²) in [5.74, 6) is 1.27. The van der Waals surface area contributed by atoms with E-state index in [0.29, 0.717) is 12.5 Å². The van der Waals surface area contributed by atoms with Gasteiger partial charge in [-0.25, -0.2) is 4.99 Å². The second-order valence-corrected chi connectivity index (χ2v) is 4.57. The van der Waals surface area contributed by atoms with Crippen LogP contribution < -0.4 is 11.1 Å². The molecule has 2 rings (SSSR count). The van der Waals surface area contributed by atoms with Gasteiger partial charge in [0, 0.05) is 11.4 Å². The molecular formula is C12H15N3OS. The Morgan fingerprint density at radius 3 is 3.06 bits per heavy atom. The van der Waals surface area contributed by atoms with Gasteiger partial charge in [-0.05, 0) is 30.0 Å². The molecule has 0 spiro atoms. The molecule has 0 amide bonds. The summed E-state index contributed by atoms with van der Waals surface area (Å²) in [6.07, 6.45) is 2.60. The van der Waals surface area contributed by atoms with E-state index < -0.39 is 0 Å². The molecule has 0 aromatic carbocycles. The molecule has 0 unspecified atom stereocenters. The first-order chi connectivity index (χ1) is 8.34. The summed E-state index contributed by atoms with van der Waals surface area (Å²) in [4.78, 5) is 5.52. The number of rotatable bonds is 5. The Hall–Kier alpha value is -1.75. The maximum absolute atomic E-state index is 5.73. The van der Waals surface area contributed by atoms with Gasteiger partial charge in [-0.2, -0.15) is 0 Å². The van der Waals surface area contributed by atoms with Gasteiger partial charge in [0.25, 0.3) is 0 Å². The second kappa shape index (κ2) is 6.10. The quantitative estimate of drug-likeness (QED) is 0.629. The largest absolute Gasteiger partial charge is 0.467 e. The lowest BCUT2D eigenvalue weighted by atomic mass is 10.3. The zero-order valence-corrected chi connectivity index (χ0v) is 10.2. The van der Waals surface area contributed by atoms with Crippen molar-refractivity contribution in [2.75, 3.05) is 6.54 Å². The van der Waals surface area contributed by atoms with Crippen LogP contribution in [0.5, 0.6) is 0 Å². The van der Waals surface area contributed by atoms with Crippen molar-refractivity contribution < 1.29 is 4.42 Å². The van der Waals surface area contributed by atoms with Gasteiger partial charge >= 0.3 is 0 Å². The lowest BCUT2D eigenvalue weighted by Gasteiger charge is -2.03. The molecule has 2 aromatic rings. The number of nitrogens with two attached hydrogens (primary N) is 1. The fraction of sp³-hybridized carbons (Fsp3) is 0.250. The van der Waals surface area contributed by atoms with Gasteiger partial charge in [0.2, 0.25) is 0 Å². The maximum atomic E-state index is 5.73. The van der Waals surface area contributed by atoms with Crippen molar-refractivity contribution in [1.82, 2.24) is 5.32 Å². The Kier molecular flexibility index (Phi) is 4.21. The molecule has 0 aliphatic carbocycles. The van der Waals surface area contributed by atoms with Crippen molar-refractivity contribution >= 4 is 17.3 Å². The minimum Gasteiger partial charge on any atom is -0.467 e. The van der Waals surface area contributed by atoms with Crippen LogP contribution >= 0.6 is 11.3 Å². The number of thiophene rings is 1. The molecule has 0 fully saturated rings. The molecule has 2 heterocycles. The van der Waals surface area contributed by atoms with Gasteiger partial charge in [0.15, 0.2) is 5.96 Å². The summed E-state index contributed by atoms with van der Waals surface area (Å²) in [6, 6.07) is 7.88. The molecule has 0 saturated carbocycles. The zero-order valence-electron chi connectivity index (χ0n) is 9.43. The van der Waals surface area contributed by atoms with Crippen LogP contribution in [0.2, 0.25) is 0 Å². The Morgan fingerprint density at radius 1 is 1.41 bits per heavy atom. The Bertz CT molecular complexity index is 448. The van der Waals surface area contributed by atoms with Crippen molar-refractivity contribution in [2.45, 2.75) is 13.0 Å². The number of hydrogen-bond donors (Lipinski definition) is 2. The molecule has 0 saturated heterocycles. The first-order valence-corrected chi connectivity index (χ1v) is 6.31. The van der Waals surface area contributed by atoms with Crippen LogP contribution in [-0.4, -0.2) is 12.5 Å². The lowest BCUT2D eigenvalue weighted by molar-refractivity contribution is 0.512. The van der Waals surface area contributed by atoms with Gasteiger partial charge in [0.1, 0.15) is 12.3 Å². The topological polar surface area (TPSA) is 63.5 Å². The van der Waals surface area contributed by atoms with Crippen LogP contribution in [0.1, 0.15) is 10.6 Å². The second-order valence-electron chi connectivity index (χ2n) is 3.54. The standard InChI is InChI=1S/C12H15N3OS/c13-12(15-9-10-3-1-7-16-10)14-6-5-11-4-2-8-17-11/h1-4,7-8H,5-6,9H2,(H3,13,14,15). The molecule has 17 heavy (non-hydrogen) atoms. The highest BCUT2D eigenvalue weighted by molar-refractivity contribution is 7.09. The number of furan rings is 1. The highest BCUT2D eigenvalue weighted by Gasteiger charge is 1.96. The maximum Gasteiger partial charge on any atom is 0.189 e. The van der Waals surface area contributed by atoms with Gasteiger partial charge in [-0.15, -0.1) is 11.3 Å². The first-order valence-electron chi connectivity index (χ1n) is 5.43. The number of aliphatic imine (C=N–C) groups is 1. The third-order valence-electron chi connectivity index (χ3n) is 2.24. The van der Waals surface area contributed by atoms with E-state index in [1.807, 2.05) is 18.2 Å². The summed E-state index contributed by atoms with van der Waals surface area (Å²) in [6.45, 7) is 1.28. The van der Waals surface area contributed by atoms with Gasteiger partial charge in [-0.1, -0.05) is 6.07 Å². The molecule has 0 bridgehead atoms. The van der Waals surface area contributed by atoms with Crippen LogP contribution in [0.3, 0.4) is 0 Å². The van der Waals surface area contributed by atoms with E-state index in [1.165, 1.54) is 4.88 Å². The van der Waals surface area contributed by atoms with E-state index in [4.69, 9.17) is 10.2 Å². The fourth-order valence-corrected chi connectivity index (χ4v) is 2.10. The minimum absolute atomic E-state index is 0.456. The summed E-state index contributed by atoms with van der Waals surface area (Å²) in [5, 5.41) is 5.15. The van der Waals surface area contributed by atoms with Gasteiger partial charge in [-0.3, -0.25) is 0 Å². The number of guanidine groups is 1. The molecule has 90 valence electrons. The predicted octanol–water partition coefficient (Wildman–Crippen LogP) is 1.99. The van der Waals surface area contributed by atoms with Gasteiger partial charge in [0.05, 0.1) is 6.26 Å². The number of nitrogens with zero attached hydrogens (tertiary/aromatic N) is 1. The van der Waals surface area contributed by atoms with Crippen LogP contribution in [0.15, 0.2) is 45.3 Å². The molecule has 3 N–H and O–H groups in total. The highest BCUT2D eigenvalue weighted by Crippen LogP contribution is 2.08. The van der Waals surface area contributed by atoms with Crippen molar-refractivity contribution in [1.29, 1.82) is 0 Å². The van der Waals surface area contributed by atoms with E-state index in [9.17, 15) is 0 Å². The lowest BCUT2D eigenvalue weighted by Crippen LogP contribution is -2.33. The summed E-state index contributed by atoms with van der Waals surface area (Å²) in [5.41, 5.74) is 5.73. The number of nitrogens with one attached hydrogen (secondary N) is 1.